The van der Waals surface area contributed by atoms with E-state index in [0.29, 0.717) is 12.1 Å². The number of hydrogen-bond acceptors (Lipinski definition) is 3. The Labute approximate surface area is 204 Å². The molecule has 6 rings (SSSR count). The Morgan fingerprint density at radius 2 is 1.80 bits per heavy atom. The largest absolute Gasteiger partial charge is 0.490 e. The van der Waals surface area contributed by atoms with Crippen molar-refractivity contribution in [2.24, 2.45) is 0 Å². The van der Waals surface area contributed by atoms with Crippen LogP contribution in [0.25, 0.3) is 27.7 Å². The van der Waals surface area contributed by atoms with Gasteiger partial charge in [-0.25, -0.2) is 4.68 Å². The molecule has 1 atom stereocenters. The lowest BCUT2D eigenvalue weighted by Crippen LogP contribution is -2.23. The van der Waals surface area contributed by atoms with Gasteiger partial charge < -0.3 is 10.1 Å². The maximum atomic E-state index is 13.2. The monoisotopic (exact) mass is 459 g/mol. The highest BCUT2D eigenvalue weighted by Gasteiger charge is 2.21. The van der Waals surface area contributed by atoms with Gasteiger partial charge in [0.1, 0.15) is 11.9 Å². The number of fused-ring (bicyclic) bond motifs is 2. The van der Waals surface area contributed by atoms with E-state index in [9.17, 15) is 4.79 Å². The zero-order valence-corrected chi connectivity index (χ0v) is 19.4. The van der Waals surface area contributed by atoms with Gasteiger partial charge in [0, 0.05) is 35.9 Å². The second-order valence-corrected chi connectivity index (χ2v) is 8.95. The van der Waals surface area contributed by atoms with Crippen LogP contribution >= 0.6 is 0 Å². The lowest BCUT2D eigenvalue weighted by Gasteiger charge is -2.09. The zero-order chi connectivity index (χ0) is 23.8. The van der Waals surface area contributed by atoms with E-state index in [0.717, 1.165) is 45.5 Å². The molecular formula is C30H25N3O2. The molecular weight excluding hydrogens is 434 g/mol. The van der Waals surface area contributed by atoms with Gasteiger partial charge in [-0.2, -0.15) is 5.10 Å². The molecule has 35 heavy (non-hydrogen) atoms. The van der Waals surface area contributed by atoms with Crippen molar-refractivity contribution < 1.29 is 9.53 Å². The van der Waals surface area contributed by atoms with E-state index < -0.39 is 0 Å². The SMILES string of the molecule is CC1Cc2cc(-c3nn(-c4ccccc4)cc3CNC(=O)c3cccc4ccccc34)ccc2O1. The summed E-state index contributed by atoms with van der Waals surface area (Å²) in [5.74, 6) is 0.839. The zero-order valence-electron chi connectivity index (χ0n) is 19.4. The summed E-state index contributed by atoms with van der Waals surface area (Å²) in [5, 5.41) is 10.0. The molecule has 0 saturated heterocycles. The van der Waals surface area contributed by atoms with Crippen molar-refractivity contribution in [2.75, 3.05) is 0 Å². The quantitative estimate of drug-likeness (QED) is 0.354. The minimum absolute atomic E-state index is 0.101. The van der Waals surface area contributed by atoms with Crippen molar-refractivity contribution in [3.63, 3.8) is 0 Å². The Balaban J connectivity index is 1.34. The second kappa shape index (κ2) is 8.76. The summed E-state index contributed by atoms with van der Waals surface area (Å²) in [4.78, 5) is 13.2. The number of benzene rings is 4. The summed E-state index contributed by atoms with van der Waals surface area (Å²) in [6.45, 7) is 2.45. The molecule has 0 saturated carbocycles. The van der Waals surface area contributed by atoms with Gasteiger partial charge in [0.15, 0.2) is 0 Å². The van der Waals surface area contributed by atoms with Gasteiger partial charge in [0.25, 0.3) is 5.91 Å². The molecule has 0 bridgehead atoms. The van der Waals surface area contributed by atoms with Crippen LogP contribution in [0.5, 0.6) is 5.75 Å². The molecule has 2 heterocycles. The smallest absolute Gasteiger partial charge is 0.252 e. The highest BCUT2D eigenvalue weighted by molar-refractivity contribution is 6.07. The predicted molar refractivity (Wildman–Crippen MR) is 138 cm³/mol. The Morgan fingerprint density at radius 3 is 2.69 bits per heavy atom. The number of aromatic nitrogens is 2. The van der Waals surface area contributed by atoms with Crippen LogP contribution in [0.15, 0.2) is 97.2 Å². The first-order valence-electron chi connectivity index (χ1n) is 11.9. The Hall–Kier alpha value is -4.38. The average Bonchev–Trinajstić information content (AvgIpc) is 3.49. The molecule has 4 aromatic carbocycles. The third-order valence-electron chi connectivity index (χ3n) is 6.45. The van der Waals surface area contributed by atoms with Gasteiger partial charge in [-0.3, -0.25) is 4.79 Å². The number of hydrogen-bond donors (Lipinski definition) is 1. The Morgan fingerprint density at radius 1 is 1.00 bits per heavy atom. The van der Waals surface area contributed by atoms with Gasteiger partial charge >= 0.3 is 0 Å². The van der Waals surface area contributed by atoms with Crippen molar-refractivity contribution >= 4 is 16.7 Å². The van der Waals surface area contributed by atoms with E-state index in [1.165, 1.54) is 5.56 Å². The van der Waals surface area contributed by atoms with Crippen LogP contribution in [0.1, 0.15) is 28.4 Å². The third kappa shape index (κ3) is 4.06. The molecule has 1 aromatic heterocycles. The van der Waals surface area contributed by atoms with Crippen molar-refractivity contribution in [3.05, 3.63) is 114 Å². The Bertz CT molecular complexity index is 1530. The fourth-order valence-corrected chi connectivity index (χ4v) is 4.76. The number of nitrogens with one attached hydrogen (secondary N) is 1. The highest BCUT2D eigenvalue weighted by atomic mass is 16.5. The van der Waals surface area contributed by atoms with Gasteiger partial charge in [0.05, 0.1) is 11.4 Å². The number of rotatable bonds is 5. The van der Waals surface area contributed by atoms with Crippen LogP contribution < -0.4 is 10.1 Å². The van der Waals surface area contributed by atoms with Gasteiger partial charge in [-0.05, 0) is 59.7 Å². The molecule has 1 aliphatic heterocycles. The molecule has 0 fully saturated rings. The van der Waals surface area contributed by atoms with Gasteiger partial charge in [0.2, 0.25) is 0 Å². The maximum Gasteiger partial charge on any atom is 0.252 e. The number of amides is 1. The summed E-state index contributed by atoms with van der Waals surface area (Å²) in [7, 11) is 0. The molecule has 1 unspecified atom stereocenters. The summed E-state index contributed by atoms with van der Waals surface area (Å²) in [5.41, 5.74) is 5.66. The van der Waals surface area contributed by atoms with E-state index in [2.05, 4.69) is 18.3 Å². The summed E-state index contributed by atoms with van der Waals surface area (Å²) >= 11 is 0. The van der Waals surface area contributed by atoms with Crippen LogP contribution in [0.2, 0.25) is 0 Å². The van der Waals surface area contributed by atoms with Gasteiger partial charge in [-0.15, -0.1) is 0 Å². The first-order valence-corrected chi connectivity index (χ1v) is 11.9. The van der Waals surface area contributed by atoms with Crippen LogP contribution in [0, 0.1) is 0 Å². The second-order valence-electron chi connectivity index (χ2n) is 8.95. The van der Waals surface area contributed by atoms with Crippen molar-refractivity contribution in [3.8, 4) is 22.7 Å². The minimum Gasteiger partial charge on any atom is -0.490 e. The van der Waals surface area contributed by atoms with E-state index >= 15 is 0 Å². The van der Waals surface area contributed by atoms with Crippen molar-refractivity contribution in [2.45, 2.75) is 26.0 Å². The van der Waals surface area contributed by atoms with Crippen molar-refractivity contribution in [1.29, 1.82) is 0 Å². The van der Waals surface area contributed by atoms with Crippen LogP contribution in [0.3, 0.4) is 0 Å². The molecule has 1 amide bonds. The van der Waals surface area contributed by atoms with Gasteiger partial charge in [-0.1, -0.05) is 54.6 Å². The molecule has 0 spiro atoms. The number of nitrogens with zero attached hydrogens (tertiary/aromatic N) is 2. The standard InChI is InChI=1S/C30H25N3O2/c1-20-16-23-17-22(14-15-28(23)35-20)29-24(19-33(32-29)25-10-3-2-4-11-25)18-31-30(34)27-13-7-9-21-8-5-6-12-26(21)27/h2-15,17,19-20H,16,18H2,1H3,(H,31,34). The van der Waals surface area contributed by atoms with Crippen LogP contribution in [0.4, 0.5) is 0 Å². The summed E-state index contributed by atoms with van der Waals surface area (Å²) < 4.78 is 7.76. The molecule has 5 aromatic rings. The molecule has 1 N–H and O–H groups in total. The van der Waals surface area contributed by atoms with E-state index in [-0.39, 0.29) is 12.0 Å². The molecule has 1 aliphatic rings. The molecule has 0 aliphatic carbocycles. The number of carbonyl (C=O) groups is 1. The van der Waals surface area contributed by atoms with E-state index in [4.69, 9.17) is 9.84 Å². The minimum atomic E-state index is -0.101. The third-order valence-corrected chi connectivity index (χ3v) is 6.45. The molecule has 0 radical (unpaired) electrons. The normalized spacial score (nSPS) is 14.5. The Kier molecular flexibility index (Phi) is 5.30. The average molecular weight is 460 g/mol. The first kappa shape index (κ1) is 21.2. The number of para-hydroxylation sites is 1. The highest BCUT2D eigenvalue weighted by Crippen LogP contribution is 2.34. The predicted octanol–water partition coefficient (Wildman–Crippen LogP) is 5.95. The molecule has 5 heteroatoms. The first-order chi connectivity index (χ1) is 17.2. The van der Waals surface area contributed by atoms with Crippen LogP contribution in [-0.4, -0.2) is 21.8 Å². The summed E-state index contributed by atoms with van der Waals surface area (Å²) in [6.07, 6.45) is 3.07. The lowest BCUT2D eigenvalue weighted by atomic mass is 10.0. The van der Waals surface area contributed by atoms with E-state index in [1.807, 2.05) is 95.8 Å². The lowest BCUT2D eigenvalue weighted by molar-refractivity contribution is 0.0952. The van der Waals surface area contributed by atoms with Crippen molar-refractivity contribution in [1.82, 2.24) is 15.1 Å². The maximum absolute atomic E-state index is 13.2. The number of carbonyl (C=O) groups excluding carboxylic acids is 1. The fourth-order valence-electron chi connectivity index (χ4n) is 4.76. The molecule has 5 nitrogen and oxygen atoms in total. The topological polar surface area (TPSA) is 56.2 Å². The fraction of sp³-hybridized carbons (Fsp3) is 0.133. The van der Waals surface area contributed by atoms with Crippen LogP contribution in [-0.2, 0) is 13.0 Å². The number of ether oxygens (including phenoxy) is 1. The summed E-state index contributed by atoms with van der Waals surface area (Å²) in [6, 6.07) is 30.0. The molecule has 172 valence electrons. The van der Waals surface area contributed by atoms with E-state index in [1.54, 1.807) is 0 Å².